The van der Waals surface area contributed by atoms with Crippen LogP contribution >= 0.6 is 0 Å². The average Bonchev–Trinajstić information content (AvgIpc) is 2.64. The van der Waals surface area contributed by atoms with Gasteiger partial charge in [0.15, 0.2) is 5.82 Å². The highest BCUT2D eigenvalue weighted by Gasteiger charge is 2.10. The zero-order chi connectivity index (χ0) is 11.7. The Balaban J connectivity index is 2.47. The Labute approximate surface area is 91.7 Å². The smallest absolute Gasteiger partial charge is 0.258 e. The third-order valence-electron chi connectivity index (χ3n) is 2.19. The summed E-state index contributed by atoms with van der Waals surface area (Å²) in [7, 11) is 0. The van der Waals surface area contributed by atoms with Gasteiger partial charge in [-0.2, -0.15) is 5.10 Å². The average molecular weight is 218 g/mol. The summed E-state index contributed by atoms with van der Waals surface area (Å²) in [5.74, 6) is 0.610. The topological polar surface area (TPSA) is 73.8 Å². The van der Waals surface area contributed by atoms with Gasteiger partial charge < -0.3 is 0 Å². The number of nitro groups is 1. The summed E-state index contributed by atoms with van der Waals surface area (Å²) < 4.78 is 1.61. The van der Waals surface area contributed by atoms with Crippen molar-refractivity contribution in [2.24, 2.45) is 0 Å². The van der Waals surface area contributed by atoms with E-state index in [9.17, 15) is 10.1 Å². The zero-order valence-corrected chi connectivity index (χ0v) is 8.91. The summed E-state index contributed by atoms with van der Waals surface area (Å²) in [5, 5.41) is 14.7. The standard InChI is InChI=1S/C10H10N4O2/c1-7-5-9(14(15)16)6-11-10(7)13-4-3-8(2)12-13/h3-6H,1-2H3. The SMILES string of the molecule is Cc1ccn(-c2ncc([N+](=O)[O-])cc2C)n1. The summed E-state index contributed by atoms with van der Waals surface area (Å²) in [6.45, 7) is 3.64. The third kappa shape index (κ3) is 1.77. The predicted octanol–water partition coefficient (Wildman–Crippen LogP) is 1.79. The van der Waals surface area contributed by atoms with Gasteiger partial charge in [0.1, 0.15) is 6.20 Å². The van der Waals surface area contributed by atoms with E-state index in [0.717, 1.165) is 11.3 Å². The fraction of sp³-hybridized carbons (Fsp3) is 0.200. The summed E-state index contributed by atoms with van der Waals surface area (Å²) in [5.41, 5.74) is 1.59. The van der Waals surface area contributed by atoms with Crippen LogP contribution in [0.15, 0.2) is 24.5 Å². The lowest BCUT2D eigenvalue weighted by atomic mass is 10.2. The second-order valence-electron chi connectivity index (χ2n) is 3.49. The lowest BCUT2D eigenvalue weighted by Gasteiger charge is -2.03. The minimum absolute atomic E-state index is 0.00914. The molecular formula is C10H10N4O2. The normalized spacial score (nSPS) is 10.4. The summed E-state index contributed by atoms with van der Waals surface area (Å²) in [6, 6.07) is 3.34. The highest BCUT2D eigenvalue weighted by atomic mass is 16.6. The van der Waals surface area contributed by atoms with Gasteiger partial charge in [0, 0.05) is 17.8 Å². The Morgan fingerprint density at radius 1 is 1.44 bits per heavy atom. The molecule has 0 aliphatic carbocycles. The number of rotatable bonds is 2. The molecule has 6 nitrogen and oxygen atoms in total. The van der Waals surface area contributed by atoms with Gasteiger partial charge >= 0.3 is 0 Å². The molecule has 0 aliphatic rings. The van der Waals surface area contributed by atoms with Crippen molar-refractivity contribution in [3.05, 3.63) is 45.9 Å². The van der Waals surface area contributed by atoms with E-state index >= 15 is 0 Å². The van der Waals surface area contributed by atoms with Gasteiger partial charge in [0.05, 0.1) is 10.6 Å². The maximum Gasteiger partial charge on any atom is 0.287 e. The van der Waals surface area contributed by atoms with Crippen LogP contribution in [0.4, 0.5) is 5.69 Å². The quantitative estimate of drug-likeness (QED) is 0.569. The molecule has 2 heterocycles. The highest BCUT2D eigenvalue weighted by molar-refractivity contribution is 5.40. The van der Waals surface area contributed by atoms with Gasteiger partial charge in [-0.1, -0.05) is 0 Å². The molecule has 0 aliphatic heterocycles. The summed E-state index contributed by atoms with van der Waals surface area (Å²) in [6.07, 6.45) is 3.01. The second-order valence-corrected chi connectivity index (χ2v) is 3.49. The number of hydrogen-bond acceptors (Lipinski definition) is 4. The molecule has 0 aromatic carbocycles. The molecule has 0 unspecified atom stereocenters. The van der Waals surface area contributed by atoms with Gasteiger partial charge in [-0.15, -0.1) is 0 Å². The van der Waals surface area contributed by atoms with Crippen molar-refractivity contribution < 1.29 is 4.92 Å². The fourth-order valence-corrected chi connectivity index (χ4v) is 1.43. The van der Waals surface area contributed by atoms with Crippen molar-refractivity contribution in [1.82, 2.24) is 14.8 Å². The first-order valence-corrected chi connectivity index (χ1v) is 4.71. The molecule has 2 aromatic heterocycles. The maximum atomic E-state index is 10.5. The van der Waals surface area contributed by atoms with Gasteiger partial charge in [-0.25, -0.2) is 9.67 Å². The van der Waals surface area contributed by atoms with Crippen molar-refractivity contribution in [3.63, 3.8) is 0 Å². The molecule has 2 rings (SSSR count). The summed E-state index contributed by atoms with van der Waals surface area (Å²) in [4.78, 5) is 14.1. The fourth-order valence-electron chi connectivity index (χ4n) is 1.43. The van der Waals surface area contributed by atoms with E-state index in [1.165, 1.54) is 12.3 Å². The lowest BCUT2D eigenvalue weighted by Crippen LogP contribution is -2.02. The van der Waals surface area contributed by atoms with E-state index in [4.69, 9.17) is 0 Å². The van der Waals surface area contributed by atoms with Crippen LogP contribution in [-0.2, 0) is 0 Å². The Hall–Kier alpha value is -2.24. The Morgan fingerprint density at radius 3 is 2.69 bits per heavy atom. The van der Waals surface area contributed by atoms with E-state index < -0.39 is 4.92 Å². The molecule has 0 bridgehead atoms. The first-order chi connectivity index (χ1) is 7.58. The van der Waals surface area contributed by atoms with Crippen LogP contribution in [0.2, 0.25) is 0 Å². The molecule has 0 fully saturated rings. The number of pyridine rings is 1. The molecule has 2 aromatic rings. The van der Waals surface area contributed by atoms with Crippen LogP contribution in [0.25, 0.3) is 5.82 Å². The minimum Gasteiger partial charge on any atom is -0.258 e. The molecule has 0 saturated carbocycles. The van der Waals surface area contributed by atoms with Gasteiger partial charge in [-0.05, 0) is 19.9 Å². The largest absolute Gasteiger partial charge is 0.287 e. The van der Waals surface area contributed by atoms with Crippen molar-refractivity contribution in [2.45, 2.75) is 13.8 Å². The molecule has 0 saturated heterocycles. The van der Waals surface area contributed by atoms with Gasteiger partial charge in [-0.3, -0.25) is 10.1 Å². The molecule has 16 heavy (non-hydrogen) atoms. The van der Waals surface area contributed by atoms with Crippen LogP contribution < -0.4 is 0 Å². The minimum atomic E-state index is -0.460. The van der Waals surface area contributed by atoms with Crippen molar-refractivity contribution in [2.75, 3.05) is 0 Å². The molecule has 0 N–H and O–H groups in total. The Kier molecular flexibility index (Phi) is 2.40. The monoisotopic (exact) mass is 218 g/mol. The van der Waals surface area contributed by atoms with Crippen LogP contribution in [-0.4, -0.2) is 19.7 Å². The highest BCUT2D eigenvalue weighted by Crippen LogP contribution is 2.16. The zero-order valence-electron chi connectivity index (χ0n) is 8.91. The van der Waals surface area contributed by atoms with E-state index in [2.05, 4.69) is 10.1 Å². The predicted molar refractivity (Wildman–Crippen MR) is 57.5 cm³/mol. The van der Waals surface area contributed by atoms with Crippen molar-refractivity contribution >= 4 is 5.69 Å². The number of hydrogen-bond donors (Lipinski definition) is 0. The number of nitrogens with zero attached hydrogens (tertiary/aromatic N) is 4. The third-order valence-corrected chi connectivity index (χ3v) is 2.19. The van der Waals surface area contributed by atoms with Crippen LogP contribution in [0.5, 0.6) is 0 Å². The summed E-state index contributed by atoms with van der Waals surface area (Å²) >= 11 is 0. The lowest BCUT2D eigenvalue weighted by molar-refractivity contribution is -0.385. The van der Waals surface area contributed by atoms with E-state index in [1.54, 1.807) is 17.8 Å². The van der Waals surface area contributed by atoms with Gasteiger partial charge in [0.2, 0.25) is 0 Å². The van der Waals surface area contributed by atoms with E-state index in [0.29, 0.717) is 5.82 Å². The first-order valence-electron chi connectivity index (χ1n) is 4.71. The van der Waals surface area contributed by atoms with Crippen LogP contribution in [0.1, 0.15) is 11.3 Å². The van der Waals surface area contributed by atoms with Crippen LogP contribution in [0.3, 0.4) is 0 Å². The molecule has 0 atom stereocenters. The van der Waals surface area contributed by atoms with Crippen molar-refractivity contribution in [1.29, 1.82) is 0 Å². The van der Waals surface area contributed by atoms with E-state index in [-0.39, 0.29) is 5.69 Å². The Bertz CT molecular complexity index is 548. The number of aromatic nitrogens is 3. The van der Waals surface area contributed by atoms with Crippen LogP contribution in [0, 0.1) is 24.0 Å². The molecule has 0 amide bonds. The molecule has 0 radical (unpaired) electrons. The molecular weight excluding hydrogens is 208 g/mol. The van der Waals surface area contributed by atoms with Gasteiger partial charge in [0.25, 0.3) is 5.69 Å². The second kappa shape index (κ2) is 3.73. The molecule has 82 valence electrons. The molecule has 0 spiro atoms. The first kappa shape index (κ1) is 10.3. The Morgan fingerprint density at radius 2 is 2.19 bits per heavy atom. The molecule has 6 heteroatoms. The number of aryl methyl sites for hydroxylation is 2. The van der Waals surface area contributed by atoms with Crippen molar-refractivity contribution in [3.8, 4) is 5.82 Å². The maximum absolute atomic E-state index is 10.5. The van der Waals surface area contributed by atoms with E-state index in [1.807, 2.05) is 13.0 Å².